The number of amides is 1. The van der Waals surface area contributed by atoms with E-state index in [1.165, 1.54) is 0 Å². The number of aliphatic hydroxyl groups excluding tert-OH is 5. The fraction of sp³-hybridized carbons (Fsp3) is 0.407. The number of fused-ring (bicyclic) bond motifs is 2. The molecule has 1 amide bonds. The molecule has 0 saturated carbocycles. The van der Waals surface area contributed by atoms with Crippen molar-refractivity contribution in [3.63, 3.8) is 0 Å². The largest absolute Gasteiger partial charge is 0.456 e. The first-order valence-electron chi connectivity index (χ1n) is 24.1. The molecule has 9 atom stereocenters. The number of ether oxygens (including phenoxy) is 4. The van der Waals surface area contributed by atoms with E-state index in [2.05, 4.69) is 84.2 Å². The highest BCUT2D eigenvalue weighted by molar-refractivity contribution is 6.30. The number of halogens is 1. The molecule has 4 aliphatic rings. The van der Waals surface area contributed by atoms with Gasteiger partial charge in [0.05, 0.1) is 24.8 Å². The van der Waals surface area contributed by atoms with Crippen molar-refractivity contribution in [2.75, 3.05) is 56.2 Å². The van der Waals surface area contributed by atoms with Crippen molar-refractivity contribution in [3.8, 4) is 33.6 Å². The molecule has 2 fully saturated rings. The molecule has 372 valence electrons. The van der Waals surface area contributed by atoms with Crippen molar-refractivity contribution in [2.24, 2.45) is 0 Å². The zero-order chi connectivity index (χ0) is 49.7. The second kappa shape index (κ2) is 22.3. The summed E-state index contributed by atoms with van der Waals surface area (Å²) in [7, 11) is 0. The van der Waals surface area contributed by atoms with Crippen LogP contribution in [0.2, 0.25) is 5.02 Å². The van der Waals surface area contributed by atoms with Crippen molar-refractivity contribution in [1.29, 1.82) is 0 Å². The summed E-state index contributed by atoms with van der Waals surface area (Å²) in [5, 5.41) is 63.2. The van der Waals surface area contributed by atoms with Crippen molar-refractivity contribution in [3.05, 3.63) is 125 Å². The van der Waals surface area contributed by atoms with Crippen LogP contribution in [0.5, 0.6) is 0 Å². The van der Waals surface area contributed by atoms with Crippen molar-refractivity contribution in [2.45, 2.75) is 96.0 Å². The molecule has 4 aromatic carbocycles. The first-order valence-corrected chi connectivity index (χ1v) is 24.4. The average molecular weight is 981 g/mol. The maximum absolute atomic E-state index is 14.2. The summed E-state index contributed by atoms with van der Waals surface area (Å²) >= 11 is 6.07. The normalized spacial score (nSPS) is 24.7. The van der Waals surface area contributed by atoms with E-state index in [1.54, 1.807) is 13.0 Å². The SMILES string of the molecule is CCN(CC)c1ccc2c(-c3ccccc3C(=O)NCCO[C@@H]3O[C@H](CO)[C@@H](O)[C@H](O)[C@H]3O[C@@H]3C[C@@](C)(Nc4ccc(-c5ccc(Cl)cc5)cc4)[C@@H](O)[C@@H](O)O3)c3ccc(=[N+](CC)CC)cc-3oc2c1. The average Bonchev–Trinajstić information content (AvgIpc) is 3.36. The molecule has 8 rings (SSSR count). The maximum atomic E-state index is 14.2. The highest BCUT2D eigenvalue weighted by Gasteiger charge is 2.51. The van der Waals surface area contributed by atoms with Gasteiger partial charge in [-0.3, -0.25) is 4.79 Å². The second-order valence-corrected chi connectivity index (χ2v) is 18.3. The summed E-state index contributed by atoms with van der Waals surface area (Å²) in [5.74, 6) is 0.326. The van der Waals surface area contributed by atoms with E-state index in [1.807, 2.05) is 66.7 Å². The fourth-order valence-electron chi connectivity index (χ4n) is 9.56. The van der Waals surface area contributed by atoms with Gasteiger partial charge in [-0.15, -0.1) is 0 Å². The minimum Gasteiger partial charge on any atom is -0.456 e. The molecule has 0 radical (unpaired) electrons. The van der Waals surface area contributed by atoms with Crippen LogP contribution < -0.4 is 25.5 Å². The number of hydrogen-bond donors (Lipinski definition) is 7. The molecule has 15 nitrogen and oxygen atoms in total. The van der Waals surface area contributed by atoms with Gasteiger partial charge in [-0.25, -0.2) is 4.58 Å². The van der Waals surface area contributed by atoms with Crippen molar-refractivity contribution < 1.29 is 53.7 Å². The Morgan fingerprint density at radius 2 is 1.54 bits per heavy atom. The van der Waals surface area contributed by atoms with Crippen LogP contribution in [0.15, 0.2) is 114 Å². The van der Waals surface area contributed by atoms with Crippen LogP contribution in [0, 0.1) is 0 Å². The number of aliphatic hydroxyl groups is 5. The maximum Gasteiger partial charge on any atom is 0.251 e. The number of rotatable bonds is 17. The minimum atomic E-state index is -1.70. The lowest BCUT2D eigenvalue weighted by atomic mass is 9.87. The lowest BCUT2D eigenvalue weighted by Crippen LogP contribution is -2.64. The van der Waals surface area contributed by atoms with E-state index < -0.39 is 61.5 Å². The Morgan fingerprint density at radius 1 is 0.843 bits per heavy atom. The number of nitrogens with one attached hydrogen (secondary N) is 2. The summed E-state index contributed by atoms with van der Waals surface area (Å²) < 4.78 is 32.9. The summed E-state index contributed by atoms with van der Waals surface area (Å²) in [5.41, 5.74) is 5.93. The van der Waals surface area contributed by atoms with Crippen LogP contribution in [-0.2, 0) is 18.9 Å². The van der Waals surface area contributed by atoms with Crippen LogP contribution in [0.3, 0.4) is 0 Å². The van der Waals surface area contributed by atoms with Crippen molar-refractivity contribution in [1.82, 2.24) is 9.89 Å². The summed E-state index contributed by atoms with van der Waals surface area (Å²) in [6.07, 6.45) is -11.5. The van der Waals surface area contributed by atoms with E-state index in [9.17, 15) is 30.3 Å². The second-order valence-electron chi connectivity index (χ2n) is 17.9. The van der Waals surface area contributed by atoms with E-state index in [0.717, 1.165) is 64.9 Å². The van der Waals surface area contributed by atoms with Crippen molar-refractivity contribution >= 4 is 39.9 Å². The van der Waals surface area contributed by atoms with Crippen LogP contribution in [0.4, 0.5) is 11.4 Å². The molecule has 3 aliphatic heterocycles. The number of benzene rings is 5. The Labute approximate surface area is 412 Å². The highest BCUT2D eigenvalue weighted by atomic mass is 35.5. The van der Waals surface area contributed by atoms with Crippen LogP contribution in [0.1, 0.15) is 51.4 Å². The Morgan fingerprint density at radius 3 is 2.23 bits per heavy atom. The lowest BCUT2D eigenvalue weighted by Gasteiger charge is -2.48. The zero-order valence-electron chi connectivity index (χ0n) is 40.1. The third-order valence-electron chi connectivity index (χ3n) is 13.5. The van der Waals surface area contributed by atoms with E-state index in [-0.39, 0.29) is 25.5 Å². The molecule has 0 spiro atoms. The van der Waals surface area contributed by atoms with Gasteiger partial charge in [0.1, 0.15) is 55.0 Å². The number of hydrogen-bond acceptors (Lipinski definition) is 13. The van der Waals surface area contributed by atoms with Gasteiger partial charge in [0.15, 0.2) is 18.9 Å². The van der Waals surface area contributed by atoms with Gasteiger partial charge in [-0.05, 0) is 99.8 Å². The molecule has 70 heavy (non-hydrogen) atoms. The number of anilines is 2. The van der Waals surface area contributed by atoms with Gasteiger partial charge in [-0.1, -0.05) is 54.1 Å². The third-order valence-corrected chi connectivity index (χ3v) is 13.7. The zero-order valence-corrected chi connectivity index (χ0v) is 40.9. The van der Waals surface area contributed by atoms with Gasteiger partial charge < -0.3 is 64.4 Å². The third kappa shape index (κ3) is 10.7. The number of carbonyl (C=O) groups is 1. The number of nitrogens with zero attached hydrogens (tertiary/aromatic N) is 2. The monoisotopic (exact) mass is 979 g/mol. The molecule has 4 aromatic rings. The van der Waals surface area contributed by atoms with E-state index in [4.69, 9.17) is 35.0 Å². The smallest absolute Gasteiger partial charge is 0.251 e. The summed E-state index contributed by atoms with van der Waals surface area (Å²) in [6.45, 7) is 12.7. The molecule has 16 heteroatoms. The van der Waals surface area contributed by atoms with Gasteiger partial charge >= 0.3 is 0 Å². The Hall–Kier alpha value is -5.43. The topological polar surface area (TPSA) is 199 Å². The fourth-order valence-corrected chi connectivity index (χ4v) is 9.68. The number of carbonyl (C=O) groups excluding carboxylic acids is 1. The van der Waals surface area contributed by atoms with Crippen LogP contribution in [-0.4, -0.2) is 132 Å². The molecular formula is C54H64ClN4O11+. The summed E-state index contributed by atoms with van der Waals surface area (Å²) in [4.78, 5) is 16.5. The molecule has 7 N–H and O–H groups in total. The first kappa shape index (κ1) is 50.9. The van der Waals surface area contributed by atoms with Gasteiger partial charge in [0.2, 0.25) is 5.36 Å². The molecule has 2 saturated heterocycles. The van der Waals surface area contributed by atoms with E-state index >= 15 is 0 Å². The van der Waals surface area contributed by atoms with Gasteiger partial charge in [0, 0.05) is 76.7 Å². The summed E-state index contributed by atoms with van der Waals surface area (Å²) in [6, 6.07) is 34.8. The predicted molar refractivity (Wildman–Crippen MR) is 270 cm³/mol. The Bertz CT molecular complexity index is 2760. The molecule has 0 aromatic heterocycles. The van der Waals surface area contributed by atoms with Gasteiger partial charge in [0.25, 0.3) is 5.91 Å². The Kier molecular flexibility index (Phi) is 16.3. The lowest BCUT2D eigenvalue weighted by molar-refractivity contribution is -0.362. The van der Waals surface area contributed by atoms with Gasteiger partial charge in [-0.2, -0.15) is 0 Å². The predicted octanol–water partition coefficient (Wildman–Crippen LogP) is 6.05. The van der Waals surface area contributed by atoms with Crippen LogP contribution in [0.25, 0.3) is 44.5 Å². The van der Waals surface area contributed by atoms with Crippen LogP contribution >= 0.6 is 11.6 Å². The molecule has 1 aliphatic carbocycles. The molecular weight excluding hydrogens is 916 g/mol. The quantitative estimate of drug-likeness (QED) is 0.0317. The van der Waals surface area contributed by atoms with E-state index in [0.29, 0.717) is 33.2 Å². The molecule has 3 heterocycles. The standard InChI is InChI=1S/C54H63ClN4O11/c1-6-58(7-2)36-22-24-40-42(28-36)67-43-29-37(59(8-3)9-4)23-25-41(43)46(40)38-12-10-11-13-39(38)51(64)56-26-27-66-53-49(48(62)47(61)44(31-60)68-53)69-45-30-54(5,50(63)52(65)70-45)57-35-20-16-33(17-21-35)32-14-18-34(55)19-15-32/h10-25,28-29,44-45,47-50,52-53,57,60-63,65H,6-9,26-27,30-31H2,1-5H3/p+1/t44-,45+,47-,48+,49-,50+,52+,53-,54-/m1/s1. The Balaban J connectivity index is 0.991. The molecule has 0 bridgehead atoms. The first-order chi connectivity index (χ1) is 33.8. The highest BCUT2D eigenvalue weighted by Crippen LogP contribution is 2.42. The molecule has 0 unspecified atom stereocenters. The minimum absolute atomic E-state index is 0.00208.